The van der Waals surface area contributed by atoms with E-state index in [1.807, 2.05) is 24.3 Å². The molecule has 0 bridgehead atoms. The fourth-order valence-electron chi connectivity index (χ4n) is 1.92. The molecule has 4 nitrogen and oxygen atoms in total. The van der Waals surface area contributed by atoms with Gasteiger partial charge in [0.15, 0.2) is 0 Å². The maximum absolute atomic E-state index is 12.1. The number of hydrogen-bond donors (Lipinski definition) is 0. The maximum atomic E-state index is 12.1. The number of nitrogens with zero attached hydrogens (tertiary/aromatic N) is 2. The van der Waals surface area contributed by atoms with Crippen LogP contribution in [0.5, 0.6) is 5.75 Å². The van der Waals surface area contributed by atoms with Crippen LogP contribution in [-0.2, 0) is 5.75 Å². The molecule has 24 heavy (non-hydrogen) atoms. The Morgan fingerprint density at radius 3 is 2.54 bits per heavy atom. The van der Waals surface area contributed by atoms with Crippen molar-refractivity contribution in [3.63, 3.8) is 0 Å². The summed E-state index contributed by atoms with van der Waals surface area (Å²) in [4.78, 5) is 0. The Morgan fingerprint density at radius 1 is 1.08 bits per heavy atom. The highest BCUT2D eigenvalue weighted by Gasteiger charge is 2.11. The fourth-order valence-corrected chi connectivity index (χ4v) is 2.97. The Bertz CT molecular complexity index is 812. The van der Waals surface area contributed by atoms with Crippen molar-refractivity contribution in [1.29, 1.82) is 0 Å². The lowest BCUT2D eigenvalue weighted by Crippen LogP contribution is -2.01. The van der Waals surface area contributed by atoms with Crippen LogP contribution in [0, 0.1) is 0 Å². The zero-order valence-electron chi connectivity index (χ0n) is 12.2. The van der Waals surface area contributed by atoms with Gasteiger partial charge in [-0.3, -0.25) is 0 Å². The average Bonchev–Trinajstić information content (AvgIpc) is 3.03. The topological polar surface area (TPSA) is 48.2 Å². The molecule has 0 N–H and O–H groups in total. The van der Waals surface area contributed by atoms with E-state index in [-0.39, 0.29) is 5.75 Å². The lowest BCUT2D eigenvalue weighted by molar-refractivity contribution is -0.0498. The van der Waals surface area contributed by atoms with Crippen molar-refractivity contribution in [1.82, 2.24) is 10.2 Å². The van der Waals surface area contributed by atoms with E-state index in [0.29, 0.717) is 27.5 Å². The van der Waals surface area contributed by atoms with Gasteiger partial charge in [-0.25, -0.2) is 0 Å². The third kappa shape index (κ3) is 4.24. The van der Waals surface area contributed by atoms with Crippen molar-refractivity contribution in [2.45, 2.75) is 17.6 Å². The van der Waals surface area contributed by atoms with Crippen LogP contribution in [-0.4, -0.2) is 16.8 Å². The average molecular weight is 369 g/mol. The Morgan fingerprint density at radius 2 is 1.83 bits per heavy atom. The molecule has 0 saturated heterocycles. The van der Waals surface area contributed by atoms with Gasteiger partial charge in [0.25, 0.3) is 5.22 Å². The number of alkyl halides is 2. The van der Waals surface area contributed by atoms with Gasteiger partial charge in [-0.05, 0) is 35.9 Å². The zero-order chi connectivity index (χ0) is 16.9. The van der Waals surface area contributed by atoms with E-state index in [1.165, 1.54) is 23.9 Å². The molecule has 0 radical (unpaired) electrons. The molecule has 3 aromatic rings. The second kappa shape index (κ2) is 7.63. The number of hydrogen-bond acceptors (Lipinski definition) is 5. The molecule has 8 heteroatoms. The summed E-state index contributed by atoms with van der Waals surface area (Å²) in [6.07, 6.45) is 0. The first-order chi connectivity index (χ1) is 11.6. The van der Waals surface area contributed by atoms with Crippen molar-refractivity contribution in [3.05, 3.63) is 59.1 Å². The molecule has 0 aliphatic rings. The minimum absolute atomic E-state index is 0.0709. The van der Waals surface area contributed by atoms with E-state index in [1.54, 1.807) is 12.1 Å². The molecule has 0 unspecified atom stereocenters. The number of aromatic nitrogens is 2. The minimum atomic E-state index is -2.85. The Balaban J connectivity index is 1.66. The molecular weight excluding hydrogens is 358 g/mol. The van der Waals surface area contributed by atoms with Crippen molar-refractivity contribution < 1.29 is 17.9 Å². The molecular formula is C16H11ClF2N2O2S. The first kappa shape index (κ1) is 16.7. The van der Waals surface area contributed by atoms with E-state index in [9.17, 15) is 8.78 Å². The van der Waals surface area contributed by atoms with Crippen LogP contribution >= 0.6 is 23.4 Å². The second-order valence-corrected chi connectivity index (χ2v) is 5.99. The van der Waals surface area contributed by atoms with Gasteiger partial charge < -0.3 is 9.15 Å². The number of rotatable bonds is 6. The summed E-state index contributed by atoms with van der Waals surface area (Å²) < 4.78 is 34.1. The lowest BCUT2D eigenvalue weighted by Gasteiger charge is -2.03. The predicted octanol–water partition coefficient (Wildman–Crippen LogP) is 5.28. The van der Waals surface area contributed by atoms with Crippen molar-refractivity contribution in [2.24, 2.45) is 0 Å². The zero-order valence-corrected chi connectivity index (χ0v) is 13.7. The van der Waals surface area contributed by atoms with Crippen molar-refractivity contribution >= 4 is 23.4 Å². The van der Waals surface area contributed by atoms with E-state index in [0.717, 1.165) is 5.56 Å². The monoisotopic (exact) mass is 368 g/mol. The van der Waals surface area contributed by atoms with E-state index in [4.69, 9.17) is 16.0 Å². The quantitative estimate of drug-likeness (QED) is 0.554. The molecule has 3 rings (SSSR count). The summed E-state index contributed by atoms with van der Waals surface area (Å²) in [6.45, 7) is -2.85. The summed E-state index contributed by atoms with van der Waals surface area (Å²) >= 11 is 7.46. The lowest BCUT2D eigenvalue weighted by atomic mass is 10.2. The molecule has 0 saturated carbocycles. The molecule has 124 valence electrons. The van der Waals surface area contributed by atoms with Crippen LogP contribution in [0.15, 0.2) is 58.2 Å². The molecule has 0 aliphatic carbocycles. The van der Waals surface area contributed by atoms with Crippen LogP contribution in [0.1, 0.15) is 5.56 Å². The highest BCUT2D eigenvalue weighted by Crippen LogP contribution is 2.28. The Hall–Kier alpha value is -2.12. The summed E-state index contributed by atoms with van der Waals surface area (Å²) in [5.74, 6) is 0.976. The maximum Gasteiger partial charge on any atom is 0.387 e. The molecule has 0 spiro atoms. The van der Waals surface area contributed by atoms with E-state index in [2.05, 4.69) is 14.9 Å². The summed E-state index contributed by atoms with van der Waals surface area (Å²) in [5, 5.41) is 8.99. The highest BCUT2D eigenvalue weighted by molar-refractivity contribution is 7.98. The third-order valence-corrected chi connectivity index (χ3v) is 4.28. The summed E-state index contributed by atoms with van der Waals surface area (Å²) in [6, 6.07) is 13.5. The molecule has 2 aromatic carbocycles. The third-order valence-electron chi connectivity index (χ3n) is 3.04. The second-order valence-electron chi connectivity index (χ2n) is 4.66. The predicted molar refractivity (Wildman–Crippen MR) is 87.4 cm³/mol. The van der Waals surface area contributed by atoms with Gasteiger partial charge in [-0.1, -0.05) is 41.6 Å². The molecule has 0 atom stereocenters. The fraction of sp³-hybridized carbons (Fsp3) is 0.125. The normalized spacial score (nSPS) is 11.0. The summed E-state index contributed by atoms with van der Waals surface area (Å²) in [5.41, 5.74) is 1.59. The van der Waals surface area contributed by atoms with Gasteiger partial charge in [0.05, 0.1) is 0 Å². The minimum Gasteiger partial charge on any atom is -0.435 e. The standard InChI is InChI=1S/C16H11ClF2N2O2S/c17-13-4-2-1-3-11(13)9-24-16-21-20-14(23-16)10-5-7-12(8-6-10)22-15(18)19/h1-8,15H,9H2. The first-order valence-electron chi connectivity index (χ1n) is 6.87. The first-order valence-corrected chi connectivity index (χ1v) is 8.23. The number of thioether (sulfide) groups is 1. The van der Waals surface area contributed by atoms with E-state index < -0.39 is 6.61 Å². The molecule has 0 aliphatic heterocycles. The number of benzene rings is 2. The SMILES string of the molecule is FC(F)Oc1ccc(-c2nnc(SCc3ccccc3Cl)o2)cc1. The molecule has 0 amide bonds. The van der Waals surface area contributed by atoms with Crippen LogP contribution in [0.2, 0.25) is 5.02 Å². The molecule has 0 fully saturated rings. The van der Waals surface area contributed by atoms with Crippen LogP contribution in [0.3, 0.4) is 0 Å². The number of halogens is 3. The van der Waals surface area contributed by atoms with Gasteiger partial charge >= 0.3 is 6.61 Å². The van der Waals surface area contributed by atoms with Gasteiger partial charge in [0, 0.05) is 16.3 Å². The molecule has 1 aromatic heterocycles. The Kier molecular flexibility index (Phi) is 5.32. The van der Waals surface area contributed by atoms with Gasteiger partial charge in [-0.15, -0.1) is 10.2 Å². The van der Waals surface area contributed by atoms with Crippen LogP contribution in [0.25, 0.3) is 11.5 Å². The number of ether oxygens (including phenoxy) is 1. The van der Waals surface area contributed by atoms with Crippen molar-refractivity contribution in [3.8, 4) is 17.2 Å². The smallest absolute Gasteiger partial charge is 0.387 e. The van der Waals surface area contributed by atoms with Crippen LogP contribution in [0.4, 0.5) is 8.78 Å². The summed E-state index contributed by atoms with van der Waals surface area (Å²) in [7, 11) is 0. The van der Waals surface area contributed by atoms with Gasteiger partial charge in [-0.2, -0.15) is 8.78 Å². The van der Waals surface area contributed by atoms with Gasteiger partial charge in [0.2, 0.25) is 5.89 Å². The largest absolute Gasteiger partial charge is 0.435 e. The Labute approximate surface area is 145 Å². The highest BCUT2D eigenvalue weighted by atomic mass is 35.5. The van der Waals surface area contributed by atoms with E-state index >= 15 is 0 Å². The van der Waals surface area contributed by atoms with Crippen molar-refractivity contribution in [2.75, 3.05) is 0 Å². The van der Waals surface area contributed by atoms with Crippen LogP contribution < -0.4 is 4.74 Å². The molecule has 1 heterocycles. The van der Waals surface area contributed by atoms with Gasteiger partial charge in [0.1, 0.15) is 5.75 Å².